The van der Waals surface area contributed by atoms with Crippen LogP contribution in [0, 0.1) is 0 Å². The van der Waals surface area contributed by atoms with Crippen LogP contribution in [0.15, 0.2) is 47.4 Å². The van der Waals surface area contributed by atoms with Gasteiger partial charge in [-0.15, -0.1) is 0 Å². The summed E-state index contributed by atoms with van der Waals surface area (Å²) in [6.07, 6.45) is 0.516. The first-order valence-corrected chi connectivity index (χ1v) is 9.43. The molecule has 1 aliphatic rings. The molecule has 1 aliphatic heterocycles. The highest BCUT2D eigenvalue weighted by atomic mass is 32.2. The molecule has 2 aromatic rings. The summed E-state index contributed by atoms with van der Waals surface area (Å²) in [5.41, 5.74) is 1.32. The molecule has 7 heteroatoms. The van der Waals surface area contributed by atoms with E-state index in [0.29, 0.717) is 36.7 Å². The van der Waals surface area contributed by atoms with Gasteiger partial charge in [-0.2, -0.15) is 0 Å². The second-order valence-corrected chi connectivity index (χ2v) is 7.48. The molecule has 0 atom stereocenters. The van der Waals surface area contributed by atoms with E-state index in [0.717, 1.165) is 5.56 Å². The van der Waals surface area contributed by atoms with Crippen LogP contribution in [0.4, 0.5) is 0 Å². The topological polar surface area (TPSA) is 81.7 Å². The number of ketones is 1. The van der Waals surface area contributed by atoms with Crippen molar-refractivity contribution in [2.45, 2.75) is 18.2 Å². The second-order valence-electron chi connectivity index (χ2n) is 5.71. The standard InChI is InChI=1S/C18H19NO5S/c1-13(20)15-3-2-4-16(12-15)25(21,22)19-8-7-14-5-6-17-18(11-14)24-10-9-23-17/h2-6,11-12,19H,7-10H2,1H3. The maximum absolute atomic E-state index is 12.4. The molecule has 0 fully saturated rings. The average Bonchev–Trinajstić information content (AvgIpc) is 2.61. The summed E-state index contributed by atoms with van der Waals surface area (Å²) in [5.74, 6) is 1.21. The fourth-order valence-electron chi connectivity index (χ4n) is 2.54. The highest BCUT2D eigenvalue weighted by molar-refractivity contribution is 7.89. The van der Waals surface area contributed by atoms with E-state index in [9.17, 15) is 13.2 Å². The third-order valence-electron chi connectivity index (χ3n) is 3.86. The summed E-state index contributed by atoms with van der Waals surface area (Å²) in [7, 11) is -3.66. The van der Waals surface area contributed by atoms with E-state index in [-0.39, 0.29) is 17.2 Å². The molecular weight excluding hydrogens is 342 g/mol. The molecular formula is C18H19NO5S. The number of carbonyl (C=O) groups is 1. The van der Waals surface area contributed by atoms with Crippen LogP contribution in [0.5, 0.6) is 11.5 Å². The van der Waals surface area contributed by atoms with Gasteiger partial charge >= 0.3 is 0 Å². The molecule has 0 unspecified atom stereocenters. The van der Waals surface area contributed by atoms with Gasteiger partial charge in [0.05, 0.1) is 4.90 Å². The molecule has 3 rings (SSSR count). The van der Waals surface area contributed by atoms with E-state index >= 15 is 0 Å². The lowest BCUT2D eigenvalue weighted by Crippen LogP contribution is -2.26. The van der Waals surface area contributed by atoms with Crippen molar-refractivity contribution < 1.29 is 22.7 Å². The van der Waals surface area contributed by atoms with Gasteiger partial charge in [-0.3, -0.25) is 4.79 Å². The average molecular weight is 361 g/mol. The smallest absolute Gasteiger partial charge is 0.240 e. The number of hydrogen-bond donors (Lipinski definition) is 1. The molecule has 25 heavy (non-hydrogen) atoms. The van der Waals surface area contributed by atoms with Crippen LogP contribution in [0.3, 0.4) is 0 Å². The molecule has 0 spiro atoms. The lowest BCUT2D eigenvalue weighted by Gasteiger charge is -2.18. The minimum Gasteiger partial charge on any atom is -0.486 e. The van der Waals surface area contributed by atoms with Crippen LogP contribution in [-0.4, -0.2) is 34.0 Å². The highest BCUT2D eigenvalue weighted by Crippen LogP contribution is 2.30. The Labute approximate surface area is 146 Å². The molecule has 1 heterocycles. The number of nitrogens with one attached hydrogen (secondary N) is 1. The Morgan fingerprint density at radius 1 is 1.08 bits per heavy atom. The lowest BCUT2D eigenvalue weighted by atomic mass is 10.1. The third kappa shape index (κ3) is 4.18. The number of fused-ring (bicyclic) bond motifs is 1. The summed E-state index contributed by atoms with van der Waals surface area (Å²) < 4.78 is 38.3. The minimum atomic E-state index is -3.66. The molecule has 2 aromatic carbocycles. The fourth-order valence-corrected chi connectivity index (χ4v) is 3.62. The molecule has 0 aromatic heterocycles. The zero-order valence-electron chi connectivity index (χ0n) is 13.8. The molecule has 0 bridgehead atoms. The first kappa shape index (κ1) is 17.4. The maximum Gasteiger partial charge on any atom is 0.240 e. The fraction of sp³-hybridized carbons (Fsp3) is 0.278. The summed E-state index contributed by atoms with van der Waals surface area (Å²) in [6.45, 7) is 2.69. The van der Waals surface area contributed by atoms with E-state index < -0.39 is 10.0 Å². The van der Waals surface area contributed by atoms with Gasteiger partial charge in [0, 0.05) is 12.1 Å². The number of sulfonamides is 1. The summed E-state index contributed by atoms with van der Waals surface area (Å²) in [4.78, 5) is 11.5. The molecule has 6 nitrogen and oxygen atoms in total. The van der Waals surface area contributed by atoms with Crippen molar-refractivity contribution in [3.05, 3.63) is 53.6 Å². The van der Waals surface area contributed by atoms with Gasteiger partial charge in [0.15, 0.2) is 17.3 Å². The SMILES string of the molecule is CC(=O)c1cccc(S(=O)(=O)NCCc2ccc3c(c2)OCCO3)c1. The van der Waals surface area contributed by atoms with E-state index in [1.54, 1.807) is 12.1 Å². The largest absolute Gasteiger partial charge is 0.486 e. The van der Waals surface area contributed by atoms with Gasteiger partial charge in [-0.25, -0.2) is 13.1 Å². The zero-order valence-corrected chi connectivity index (χ0v) is 14.6. The molecule has 0 amide bonds. The van der Waals surface area contributed by atoms with E-state index in [2.05, 4.69) is 4.72 Å². The van der Waals surface area contributed by atoms with Crippen molar-refractivity contribution >= 4 is 15.8 Å². The monoisotopic (exact) mass is 361 g/mol. The predicted molar refractivity (Wildman–Crippen MR) is 92.8 cm³/mol. The summed E-state index contributed by atoms with van der Waals surface area (Å²) in [5, 5.41) is 0. The van der Waals surface area contributed by atoms with Crippen molar-refractivity contribution in [2.75, 3.05) is 19.8 Å². The Morgan fingerprint density at radius 2 is 1.84 bits per heavy atom. The number of ether oxygens (including phenoxy) is 2. The Morgan fingerprint density at radius 3 is 2.60 bits per heavy atom. The number of carbonyl (C=O) groups excluding carboxylic acids is 1. The molecule has 0 saturated carbocycles. The molecule has 0 aliphatic carbocycles. The van der Waals surface area contributed by atoms with Gasteiger partial charge in [-0.05, 0) is 43.2 Å². The van der Waals surface area contributed by atoms with Crippen LogP contribution < -0.4 is 14.2 Å². The van der Waals surface area contributed by atoms with Gasteiger partial charge < -0.3 is 9.47 Å². The van der Waals surface area contributed by atoms with Crippen molar-refractivity contribution in [1.82, 2.24) is 4.72 Å². The second kappa shape index (κ2) is 7.25. The quantitative estimate of drug-likeness (QED) is 0.798. The lowest BCUT2D eigenvalue weighted by molar-refractivity contribution is 0.101. The Balaban J connectivity index is 1.65. The van der Waals surface area contributed by atoms with Crippen molar-refractivity contribution in [1.29, 1.82) is 0 Å². The molecule has 0 saturated heterocycles. The third-order valence-corrected chi connectivity index (χ3v) is 5.32. The molecule has 0 radical (unpaired) electrons. The van der Waals surface area contributed by atoms with Gasteiger partial charge in [0.25, 0.3) is 0 Å². The van der Waals surface area contributed by atoms with Crippen molar-refractivity contribution in [2.24, 2.45) is 0 Å². The van der Waals surface area contributed by atoms with E-state index in [1.807, 2.05) is 18.2 Å². The Kier molecular flexibility index (Phi) is 5.06. The Hall–Kier alpha value is -2.38. The van der Waals surface area contributed by atoms with E-state index in [1.165, 1.54) is 19.1 Å². The first-order valence-electron chi connectivity index (χ1n) is 7.95. The number of Topliss-reactive ketones (excluding diaryl/α,β-unsaturated/α-hetero) is 1. The van der Waals surface area contributed by atoms with Gasteiger partial charge in [0.2, 0.25) is 10.0 Å². The van der Waals surface area contributed by atoms with Crippen molar-refractivity contribution in [3.63, 3.8) is 0 Å². The van der Waals surface area contributed by atoms with Crippen LogP contribution >= 0.6 is 0 Å². The van der Waals surface area contributed by atoms with Crippen LogP contribution in [-0.2, 0) is 16.4 Å². The summed E-state index contributed by atoms with van der Waals surface area (Å²) >= 11 is 0. The number of hydrogen-bond acceptors (Lipinski definition) is 5. The molecule has 1 N–H and O–H groups in total. The van der Waals surface area contributed by atoms with Crippen LogP contribution in [0.2, 0.25) is 0 Å². The normalized spacial score (nSPS) is 13.5. The van der Waals surface area contributed by atoms with Gasteiger partial charge in [0.1, 0.15) is 13.2 Å². The predicted octanol–water partition coefficient (Wildman–Crippen LogP) is 2.18. The zero-order chi connectivity index (χ0) is 17.9. The number of rotatable bonds is 6. The number of benzene rings is 2. The van der Waals surface area contributed by atoms with Crippen LogP contribution in [0.25, 0.3) is 0 Å². The van der Waals surface area contributed by atoms with Crippen molar-refractivity contribution in [3.8, 4) is 11.5 Å². The van der Waals surface area contributed by atoms with Gasteiger partial charge in [-0.1, -0.05) is 18.2 Å². The van der Waals surface area contributed by atoms with Crippen LogP contribution in [0.1, 0.15) is 22.8 Å². The van der Waals surface area contributed by atoms with E-state index in [4.69, 9.17) is 9.47 Å². The highest BCUT2D eigenvalue weighted by Gasteiger charge is 2.16. The summed E-state index contributed by atoms with van der Waals surface area (Å²) in [6, 6.07) is 11.6. The maximum atomic E-state index is 12.4. The Bertz CT molecular complexity index is 892. The minimum absolute atomic E-state index is 0.0855. The first-order chi connectivity index (χ1) is 12.0. The molecule has 132 valence electrons.